The number of hydrogen-bond donors (Lipinski definition) is 1. The van der Waals surface area contributed by atoms with Crippen molar-refractivity contribution < 1.29 is 0 Å². The highest BCUT2D eigenvalue weighted by Gasteiger charge is 2.19. The molecule has 2 N–H and O–H groups in total. The number of benzene rings is 1. The lowest BCUT2D eigenvalue weighted by Gasteiger charge is -2.19. The summed E-state index contributed by atoms with van der Waals surface area (Å²) in [5, 5.41) is 1.25. The van der Waals surface area contributed by atoms with E-state index in [2.05, 4.69) is 65.7 Å². The lowest BCUT2D eigenvalue weighted by atomic mass is 10.00. The van der Waals surface area contributed by atoms with Crippen molar-refractivity contribution in [2.24, 2.45) is 12.8 Å². The third kappa shape index (κ3) is 2.02. The summed E-state index contributed by atoms with van der Waals surface area (Å²) >= 11 is 3.68. The molecular weight excluding hydrogens is 264 g/mol. The standard InChI is InChI=1S/C13H17BrN2/c1-13(2,15)8-11-12(14)9-6-4-5-7-10(9)16(11)3/h4-7H,8,15H2,1-3H3. The summed E-state index contributed by atoms with van der Waals surface area (Å²) in [6.07, 6.45) is 0.860. The van der Waals surface area contributed by atoms with Gasteiger partial charge in [-0.05, 0) is 35.8 Å². The molecule has 0 bridgehead atoms. The van der Waals surface area contributed by atoms with Crippen molar-refractivity contribution in [1.29, 1.82) is 0 Å². The van der Waals surface area contributed by atoms with E-state index < -0.39 is 0 Å². The second-order valence-corrected chi connectivity index (χ2v) is 5.80. The summed E-state index contributed by atoms with van der Waals surface area (Å²) in [5.41, 5.74) is 8.41. The third-order valence-corrected chi connectivity index (χ3v) is 3.67. The smallest absolute Gasteiger partial charge is 0.0491 e. The van der Waals surface area contributed by atoms with Gasteiger partial charge in [0.05, 0.1) is 0 Å². The predicted octanol–water partition coefficient (Wildman–Crippen LogP) is 3.22. The molecule has 0 aliphatic carbocycles. The van der Waals surface area contributed by atoms with E-state index in [0.717, 1.165) is 6.42 Å². The molecule has 0 aliphatic rings. The third-order valence-electron chi connectivity index (χ3n) is 2.78. The first kappa shape index (κ1) is 11.7. The van der Waals surface area contributed by atoms with E-state index in [1.54, 1.807) is 0 Å². The van der Waals surface area contributed by atoms with E-state index >= 15 is 0 Å². The number of rotatable bonds is 2. The molecular formula is C13H17BrN2. The van der Waals surface area contributed by atoms with Gasteiger partial charge >= 0.3 is 0 Å². The van der Waals surface area contributed by atoms with Crippen molar-refractivity contribution in [3.63, 3.8) is 0 Å². The highest BCUT2D eigenvalue weighted by Crippen LogP contribution is 2.31. The van der Waals surface area contributed by atoms with E-state index in [1.807, 2.05) is 0 Å². The number of aryl methyl sites for hydroxylation is 1. The highest BCUT2D eigenvalue weighted by molar-refractivity contribution is 9.10. The van der Waals surface area contributed by atoms with Gasteiger partial charge in [0.15, 0.2) is 0 Å². The number of halogens is 1. The van der Waals surface area contributed by atoms with Crippen LogP contribution in [0, 0.1) is 0 Å². The maximum absolute atomic E-state index is 6.09. The van der Waals surface area contributed by atoms with E-state index in [1.165, 1.54) is 21.1 Å². The Labute approximate surface area is 105 Å². The number of nitrogens with two attached hydrogens (primary N) is 1. The first-order chi connectivity index (χ1) is 7.40. The van der Waals surface area contributed by atoms with Gasteiger partial charge in [0.1, 0.15) is 0 Å². The van der Waals surface area contributed by atoms with E-state index in [-0.39, 0.29) is 5.54 Å². The summed E-state index contributed by atoms with van der Waals surface area (Å²) in [4.78, 5) is 0. The molecule has 0 saturated carbocycles. The van der Waals surface area contributed by atoms with Crippen LogP contribution in [-0.4, -0.2) is 10.1 Å². The molecule has 1 aromatic heterocycles. The summed E-state index contributed by atoms with van der Waals surface area (Å²) in [6.45, 7) is 4.11. The van der Waals surface area contributed by atoms with E-state index in [0.29, 0.717) is 0 Å². The number of aromatic nitrogens is 1. The average molecular weight is 281 g/mol. The first-order valence-electron chi connectivity index (χ1n) is 5.41. The summed E-state index contributed by atoms with van der Waals surface area (Å²) in [5.74, 6) is 0. The Morgan fingerprint density at radius 1 is 1.31 bits per heavy atom. The molecule has 0 amide bonds. The van der Waals surface area contributed by atoms with Crippen LogP contribution in [0.2, 0.25) is 0 Å². The normalized spacial score (nSPS) is 12.3. The molecule has 0 saturated heterocycles. The zero-order valence-electron chi connectivity index (χ0n) is 9.92. The molecule has 3 heteroatoms. The lowest BCUT2D eigenvalue weighted by Crippen LogP contribution is -2.35. The molecule has 0 spiro atoms. The first-order valence-corrected chi connectivity index (χ1v) is 6.20. The topological polar surface area (TPSA) is 30.9 Å². The van der Waals surface area contributed by atoms with Gasteiger partial charge in [-0.25, -0.2) is 0 Å². The van der Waals surface area contributed by atoms with Gasteiger partial charge in [0.25, 0.3) is 0 Å². The van der Waals surface area contributed by atoms with Crippen molar-refractivity contribution in [2.75, 3.05) is 0 Å². The van der Waals surface area contributed by atoms with Crippen LogP contribution in [0.25, 0.3) is 10.9 Å². The Bertz CT molecular complexity index is 481. The van der Waals surface area contributed by atoms with Gasteiger partial charge in [-0.1, -0.05) is 18.2 Å². The molecule has 0 aliphatic heterocycles. The largest absolute Gasteiger partial charge is 0.346 e. The number of hydrogen-bond acceptors (Lipinski definition) is 1. The minimum Gasteiger partial charge on any atom is -0.346 e. The average Bonchev–Trinajstić information content (AvgIpc) is 2.43. The van der Waals surface area contributed by atoms with Gasteiger partial charge in [-0.2, -0.15) is 0 Å². The summed E-state index contributed by atoms with van der Waals surface area (Å²) < 4.78 is 3.39. The zero-order chi connectivity index (χ0) is 11.9. The fraction of sp³-hybridized carbons (Fsp3) is 0.385. The maximum Gasteiger partial charge on any atom is 0.0491 e. The van der Waals surface area contributed by atoms with Crippen LogP contribution in [0.15, 0.2) is 28.7 Å². The number of fused-ring (bicyclic) bond motifs is 1. The lowest BCUT2D eigenvalue weighted by molar-refractivity contribution is 0.502. The highest BCUT2D eigenvalue weighted by atomic mass is 79.9. The molecule has 0 radical (unpaired) electrons. The van der Waals surface area contributed by atoms with Gasteiger partial charge in [0, 0.05) is 40.1 Å². The van der Waals surface area contributed by atoms with Crippen LogP contribution in [0.4, 0.5) is 0 Å². The van der Waals surface area contributed by atoms with Gasteiger partial charge in [-0.3, -0.25) is 0 Å². The quantitative estimate of drug-likeness (QED) is 0.900. The molecule has 0 fully saturated rings. The van der Waals surface area contributed by atoms with Crippen LogP contribution in [0.3, 0.4) is 0 Å². The van der Waals surface area contributed by atoms with Crippen molar-refractivity contribution >= 4 is 26.8 Å². The Hall–Kier alpha value is -0.800. The SMILES string of the molecule is Cn1c(CC(C)(C)N)c(Br)c2ccccc21. The number of para-hydroxylation sites is 1. The van der Waals surface area contributed by atoms with Crippen LogP contribution in [0.5, 0.6) is 0 Å². The summed E-state index contributed by atoms with van der Waals surface area (Å²) in [6, 6.07) is 8.39. The zero-order valence-corrected chi connectivity index (χ0v) is 11.5. The van der Waals surface area contributed by atoms with Crippen molar-refractivity contribution in [1.82, 2.24) is 4.57 Å². The Kier molecular flexibility index (Phi) is 2.84. The monoisotopic (exact) mass is 280 g/mol. The van der Waals surface area contributed by atoms with Crippen LogP contribution in [-0.2, 0) is 13.5 Å². The molecule has 1 heterocycles. The van der Waals surface area contributed by atoms with Gasteiger partial charge < -0.3 is 10.3 Å². The molecule has 2 nitrogen and oxygen atoms in total. The Morgan fingerprint density at radius 3 is 2.50 bits per heavy atom. The molecule has 86 valence electrons. The molecule has 2 aromatic rings. The summed E-state index contributed by atoms with van der Waals surface area (Å²) in [7, 11) is 2.09. The van der Waals surface area contributed by atoms with Crippen LogP contribution in [0.1, 0.15) is 19.5 Å². The molecule has 2 rings (SSSR count). The number of nitrogens with zero attached hydrogens (tertiary/aromatic N) is 1. The minimum atomic E-state index is -0.190. The fourth-order valence-electron chi connectivity index (χ4n) is 2.03. The molecule has 16 heavy (non-hydrogen) atoms. The second-order valence-electron chi connectivity index (χ2n) is 5.00. The maximum atomic E-state index is 6.09. The van der Waals surface area contributed by atoms with Gasteiger partial charge in [0.2, 0.25) is 0 Å². The molecule has 0 atom stereocenters. The van der Waals surface area contributed by atoms with E-state index in [9.17, 15) is 0 Å². The van der Waals surface area contributed by atoms with Crippen LogP contribution < -0.4 is 5.73 Å². The van der Waals surface area contributed by atoms with Crippen LogP contribution >= 0.6 is 15.9 Å². The molecule has 1 aromatic carbocycles. The van der Waals surface area contributed by atoms with E-state index in [4.69, 9.17) is 5.73 Å². The van der Waals surface area contributed by atoms with Gasteiger partial charge in [-0.15, -0.1) is 0 Å². The predicted molar refractivity (Wildman–Crippen MR) is 72.6 cm³/mol. The van der Waals surface area contributed by atoms with Crippen molar-refractivity contribution in [3.8, 4) is 0 Å². The molecule has 0 unspecified atom stereocenters. The van der Waals surface area contributed by atoms with Crippen molar-refractivity contribution in [3.05, 3.63) is 34.4 Å². The second kappa shape index (κ2) is 3.90. The Morgan fingerprint density at radius 2 is 1.94 bits per heavy atom. The Balaban J connectivity index is 2.62. The minimum absolute atomic E-state index is 0.190. The van der Waals surface area contributed by atoms with Crippen molar-refractivity contribution in [2.45, 2.75) is 25.8 Å². The fourth-order valence-corrected chi connectivity index (χ4v) is 2.77.